The summed E-state index contributed by atoms with van der Waals surface area (Å²) in [6.07, 6.45) is 3.31. The Morgan fingerprint density at radius 3 is 2.66 bits per heavy atom. The molecule has 0 saturated carbocycles. The number of hydrogen-bond acceptors (Lipinski definition) is 6. The van der Waals surface area contributed by atoms with Crippen LogP contribution in [0.15, 0.2) is 24.5 Å². The highest BCUT2D eigenvalue weighted by Gasteiger charge is 2.33. The van der Waals surface area contributed by atoms with E-state index in [1.165, 1.54) is 22.6 Å². The average molecular weight is 546 g/mol. The second-order valence-corrected chi connectivity index (χ2v) is 11.7. The van der Waals surface area contributed by atoms with E-state index in [0.29, 0.717) is 31.1 Å². The fourth-order valence-electron chi connectivity index (χ4n) is 5.16. The van der Waals surface area contributed by atoms with E-state index in [1.807, 2.05) is 4.90 Å². The maximum Gasteiger partial charge on any atom is 0.410 e. The van der Waals surface area contributed by atoms with E-state index >= 15 is 0 Å². The molecule has 1 aliphatic carbocycles. The molecule has 1 saturated heterocycles. The first kappa shape index (κ1) is 28.1. The number of rotatable bonds is 6. The van der Waals surface area contributed by atoms with Crippen LogP contribution in [0.2, 0.25) is 5.02 Å². The summed E-state index contributed by atoms with van der Waals surface area (Å²) in [5.74, 6) is 0.834. The van der Waals surface area contributed by atoms with Crippen molar-refractivity contribution in [2.45, 2.75) is 78.0 Å². The average Bonchev–Trinajstić information content (AvgIpc) is 3.23. The number of aryl methyl sites for hydroxylation is 1. The summed E-state index contributed by atoms with van der Waals surface area (Å²) in [5, 5.41) is 0.0161. The Morgan fingerprint density at radius 1 is 1.21 bits per heavy atom. The van der Waals surface area contributed by atoms with Gasteiger partial charge >= 0.3 is 6.09 Å². The summed E-state index contributed by atoms with van der Waals surface area (Å²) in [6.45, 7) is 11.8. The number of nitrogens with zero attached hydrogens (tertiary/aromatic N) is 5. The van der Waals surface area contributed by atoms with Gasteiger partial charge in [-0.1, -0.05) is 24.6 Å². The van der Waals surface area contributed by atoms with E-state index < -0.39 is 17.5 Å². The second-order valence-electron chi connectivity index (χ2n) is 11.3. The van der Waals surface area contributed by atoms with Gasteiger partial charge in [-0.3, -0.25) is 4.79 Å². The van der Waals surface area contributed by atoms with Gasteiger partial charge in [0.15, 0.2) is 0 Å². The smallest absolute Gasteiger partial charge is 0.410 e. The number of halogens is 2. The molecule has 10 heteroatoms. The number of aromatic nitrogens is 2. The third-order valence-corrected chi connectivity index (χ3v) is 7.42. The predicted molar refractivity (Wildman–Crippen MR) is 145 cm³/mol. The number of benzene rings is 1. The summed E-state index contributed by atoms with van der Waals surface area (Å²) in [7, 11) is 0. The lowest BCUT2D eigenvalue weighted by Gasteiger charge is -2.41. The molecule has 2 aromatic rings. The van der Waals surface area contributed by atoms with Crippen LogP contribution < -0.4 is 4.90 Å². The molecule has 1 aromatic carbocycles. The molecular formula is C28H37ClFN5O3. The maximum atomic E-state index is 14.0. The van der Waals surface area contributed by atoms with Crippen LogP contribution in [0.3, 0.4) is 0 Å². The molecular weight excluding hydrogens is 509 g/mol. The highest BCUT2D eigenvalue weighted by atomic mass is 35.5. The van der Waals surface area contributed by atoms with E-state index in [4.69, 9.17) is 16.3 Å². The van der Waals surface area contributed by atoms with Gasteiger partial charge in [0.2, 0.25) is 5.91 Å². The Bertz CT molecular complexity index is 1190. The van der Waals surface area contributed by atoms with E-state index in [0.717, 1.165) is 24.4 Å². The van der Waals surface area contributed by atoms with Crippen LogP contribution in [0.4, 0.5) is 15.0 Å². The Morgan fingerprint density at radius 2 is 1.97 bits per heavy atom. The number of fused-ring (bicyclic) bond motifs is 1. The van der Waals surface area contributed by atoms with Crippen LogP contribution in [-0.2, 0) is 22.5 Å². The Kier molecular flexibility index (Phi) is 8.45. The minimum absolute atomic E-state index is 0.0161. The van der Waals surface area contributed by atoms with Crippen molar-refractivity contribution in [3.8, 4) is 0 Å². The molecule has 2 aliphatic rings. The summed E-state index contributed by atoms with van der Waals surface area (Å²) >= 11 is 5.81. The second kappa shape index (κ2) is 11.4. The number of hydrogen-bond donors (Lipinski definition) is 0. The molecule has 38 heavy (non-hydrogen) atoms. The van der Waals surface area contributed by atoms with Crippen molar-refractivity contribution in [1.82, 2.24) is 19.8 Å². The lowest BCUT2D eigenvalue weighted by molar-refractivity contribution is -0.132. The number of anilines is 1. The zero-order valence-corrected chi connectivity index (χ0v) is 23.6. The Balaban J connectivity index is 1.40. The van der Waals surface area contributed by atoms with Gasteiger partial charge < -0.3 is 19.4 Å². The Hall–Kier alpha value is -2.94. The van der Waals surface area contributed by atoms with Crippen molar-refractivity contribution in [1.29, 1.82) is 0 Å². The first-order chi connectivity index (χ1) is 17.9. The standard InChI is InChI=1S/C28H37ClFN5O3/c1-18-6-9-23-25(18)26(32-17-31-23)35-13-12-33(15-19(35)2)24(36)10-11-34(27(37)38-28(3,4)5)16-20-7-8-21(29)22(30)14-20/h7-8,14,17-19H,6,9-13,15-16H2,1-5H3. The van der Waals surface area contributed by atoms with Crippen molar-refractivity contribution in [3.05, 3.63) is 52.2 Å². The lowest BCUT2D eigenvalue weighted by Crippen LogP contribution is -2.54. The van der Waals surface area contributed by atoms with E-state index in [1.54, 1.807) is 33.2 Å². The van der Waals surface area contributed by atoms with Crippen LogP contribution in [-0.4, -0.2) is 69.6 Å². The molecule has 0 N–H and O–H groups in total. The molecule has 1 fully saturated rings. The normalized spacial score (nSPS) is 19.3. The monoisotopic (exact) mass is 545 g/mol. The van der Waals surface area contributed by atoms with Gasteiger partial charge in [0.05, 0.1) is 5.02 Å². The van der Waals surface area contributed by atoms with Crippen LogP contribution in [0, 0.1) is 5.82 Å². The molecule has 206 valence electrons. The molecule has 0 bridgehead atoms. The van der Waals surface area contributed by atoms with Crippen molar-refractivity contribution in [3.63, 3.8) is 0 Å². The minimum atomic E-state index is -0.699. The molecule has 1 aliphatic heterocycles. The lowest BCUT2D eigenvalue weighted by atomic mass is 10.0. The summed E-state index contributed by atoms with van der Waals surface area (Å²) in [4.78, 5) is 40.8. The SMILES string of the molecule is CC1CCc2ncnc(N3CCN(C(=O)CCN(Cc4ccc(Cl)c(F)c4)C(=O)OC(C)(C)C)CC3C)c21. The highest BCUT2D eigenvalue weighted by molar-refractivity contribution is 6.30. The van der Waals surface area contributed by atoms with Crippen molar-refractivity contribution in [2.24, 2.45) is 0 Å². The first-order valence-electron chi connectivity index (χ1n) is 13.2. The molecule has 2 heterocycles. The quantitative estimate of drug-likeness (QED) is 0.497. The number of carbonyl (C=O) groups excluding carboxylic acids is 2. The van der Waals surface area contributed by atoms with Crippen LogP contribution in [0.1, 0.15) is 70.2 Å². The Labute approximate surface area is 229 Å². The van der Waals surface area contributed by atoms with E-state index in [-0.39, 0.29) is 36.5 Å². The third-order valence-electron chi connectivity index (χ3n) is 7.11. The van der Waals surface area contributed by atoms with Crippen LogP contribution >= 0.6 is 11.6 Å². The molecule has 1 aromatic heterocycles. The molecule has 4 rings (SSSR count). The largest absolute Gasteiger partial charge is 0.444 e. The van der Waals surface area contributed by atoms with E-state index in [2.05, 4.69) is 28.7 Å². The molecule has 0 radical (unpaired) electrons. The molecule has 2 unspecified atom stereocenters. The highest BCUT2D eigenvalue weighted by Crippen LogP contribution is 2.38. The van der Waals surface area contributed by atoms with Crippen LogP contribution in [0.25, 0.3) is 0 Å². The molecule has 2 atom stereocenters. The van der Waals surface area contributed by atoms with Gasteiger partial charge in [-0.2, -0.15) is 0 Å². The van der Waals surface area contributed by atoms with Gasteiger partial charge in [-0.05, 0) is 64.2 Å². The summed E-state index contributed by atoms with van der Waals surface area (Å²) < 4.78 is 19.6. The first-order valence-corrected chi connectivity index (χ1v) is 13.6. The number of piperazine rings is 1. The topological polar surface area (TPSA) is 78.9 Å². The zero-order valence-electron chi connectivity index (χ0n) is 22.8. The van der Waals surface area contributed by atoms with Crippen molar-refractivity contribution in [2.75, 3.05) is 31.1 Å². The zero-order chi connectivity index (χ0) is 27.6. The molecule has 2 amide bonds. The molecule has 0 spiro atoms. The van der Waals surface area contributed by atoms with Crippen LogP contribution in [0.5, 0.6) is 0 Å². The van der Waals surface area contributed by atoms with E-state index in [9.17, 15) is 14.0 Å². The van der Waals surface area contributed by atoms with Gasteiger partial charge in [-0.15, -0.1) is 0 Å². The fraction of sp³-hybridized carbons (Fsp3) is 0.571. The number of amides is 2. The fourth-order valence-corrected chi connectivity index (χ4v) is 5.28. The third kappa shape index (κ3) is 6.54. The number of ether oxygens (including phenoxy) is 1. The molecule has 8 nitrogen and oxygen atoms in total. The van der Waals surface area contributed by atoms with Crippen molar-refractivity contribution >= 4 is 29.4 Å². The number of carbonyl (C=O) groups is 2. The predicted octanol–water partition coefficient (Wildman–Crippen LogP) is 5.18. The van der Waals surface area contributed by atoms with Gasteiger partial charge in [0.25, 0.3) is 0 Å². The summed E-state index contributed by atoms with van der Waals surface area (Å²) in [5.41, 5.74) is 2.25. The van der Waals surface area contributed by atoms with Crippen molar-refractivity contribution < 1.29 is 18.7 Å². The van der Waals surface area contributed by atoms with Gasteiger partial charge in [0.1, 0.15) is 23.6 Å². The van der Waals surface area contributed by atoms with Gasteiger partial charge in [-0.25, -0.2) is 19.2 Å². The summed E-state index contributed by atoms with van der Waals surface area (Å²) in [6, 6.07) is 4.52. The minimum Gasteiger partial charge on any atom is -0.444 e. The maximum absolute atomic E-state index is 14.0. The van der Waals surface area contributed by atoms with Gasteiger partial charge in [0, 0.05) is 56.4 Å².